The van der Waals surface area contributed by atoms with Gasteiger partial charge < -0.3 is 5.32 Å². The molecule has 30 heavy (non-hydrogen) atoms. The van der Waals surface area contributed by atoms with Gasteiger partial charge in [-0.3, -0.25) is 4.98 Å². The Morgan fingerprint density at radius 1 is 0.933 bits per heavy atom. The van der Waals surface area contributed by atoms with Crippen LogP contribution >= 0.6 is 0 Å². The summed E-state index contributed by atoms with van der Waals surface area (Å²) in [6, 6.07) is 25.2. The zero-order chi connectivity index (χ0) is 21.3. The first-order chi connectivity index (χ1) is 14.6. The van der Waals surface area contributed by atoms with Crippen molar-refractivity contribution in [2.24, 2.45) is 0 Å². The lowest BCUT2D eigenvalue weighted by Gasteiger charge is -2.21. The standard InChI is InChI=1S/C28H30N2/c1-5-11-22(6-2)20-28(29-25-18-16-23(17-19-25)21(3)4)27-15-10-14-26(30-27)24-12-8-7-9-13-24/h5-19,21,28-29H,1-2,20H2,3-4H3/b22-11+. The van der Waals surface area contributed by atoms with E-state index in [0.717, 1.165) is 34.6 Å². The van der Waals surface area contributed by atoms with Gasteiger partial charge in [0.1, 0.15) is 0 Å². The molecular weight excluding hydrogens is 364 g/mol. The minimum absolute atomic E-state index is 0.0164. The molecule has 0 aliphatic carbocycles. The van der Waals surface area contributed by atoms with Crippen molar-refractivity contribution in [2.45, 2.75) is 32.2 Å². The minimum atomic E-state index is 0.0164. The van der Waals surface area contributed by atoms with Crippen LogP contribution in [0.15, 0.2) is 110 Å². The van der Waals surface area contributed by atoms with Crippen molar-refractivity contribution in [3.63, 3.8) is 0 Å². The number of pyridine rings is 1. The maximum absolute atomic E-state index is 4.98. The Kier molecular flexibility index (Phi) is 7.40. The summed E-state index contributed by atoms with van der Waals surface area (Å²) >= 11 is 0. The van der Waals surface area contributed by atoms with Crippen LogP contribution in [0, 0.1) is 0 Å². The Balaban J connectivity index is 1.94. The van der Waals surface area contributed by atoms with E-state index in [0.29, 0.717) is 5.92 Å². The highest BCUT2D eigenvalue weighted by molar-refractivity contribution is 5.59. The lowest BCUT2D eigenvalue weighted by Crippen LogP contribution is -2.13. The van der Waals surface area contributed by atoms with Crippen LogP contribution < -0.4 is 5.32 Å². The first-order valence-electron chi connectivity index (χ1n) is 10.4. The maximum atomic E-state index is 4.98. The van der Waals surface area contributed by atoms with E-state index in [-0.39, 0.29) is 6.04 Å². The van der Waals surface area contributed by atoms with Gasteiger partial charge in [-0.1, -0.05) is 93.8 Å². The van der Waals surface area contributed by atoms with Crippen LogP contribution in [-0.4, -0.2) is 4.98 Å². The summed E-state index contributed by atoms with van der Waals surface area (Å²) in [7, 11) is 0. The molecule has 0 fully saturated rings. The number of nitrogens with one attached hydrogen (secondary N) is 1. The number of anilines is 1. The number of rotatable bonds is 9. The molecule has 0 radical (unpaired) electrons. The molecule has 1 heterocycles. The Bertz CT molecular complexity index is 998. The molecule has 0 aliphatic rings. The molecule has 0 bridgehead atoms. The van der Waals surface area contributed by atoms with E-state index in [9.17, 15) is 0 Å². The third kappa shape index (κ3) is 5.57. The third-order valence-corrected chi connectivity index (χ3v) is 5.15. The number of hydrogen-bond acceptors (Lipinski definition) is 2. The van der Waals surface area contributed by atoms with Gasteiger partial charge in [-0.25, -0.2) is 0 Å². The topological polar surface area (TPSA) is 24.9 Å². The van der Waals surface area contributed by atoms with Gasteiger partial charge in [-0.2, -0.15) is 0 Å². The Labute approximate surface area is 180 Å². The Morgan fingerprint density at radius 3 is 2.30 bits per heavy atom. The van der Waals surface area contributed by atoms with Crippen LogP contribution in [0.25, 0.3) is 11.3 Å². The van der Waals surface area contributed by atoms with E-state index < -0.39 is 0 Å². The van der Waals surface area contributed by atoms with Gasteiger partial charge in [0.05, 0.1) is 17.4 Å². The van der Waals surface area contributed by atoms with Gasteiger partial charge in [0.25, 0.3) is 0 Å². The summed E-state index contributed by atoms with van der Waals surface area (Å²) < 4.78 is 0. The Morgan fingerprint density at radius 2 is 1.67 bits per heavy atom. The first kappa shape index (κ1) is 21.3. The number of nitrogens with zero attached hydrogens (tertiary/aromatic N) is 1. The molecule has 1 N–H and O–H groups in total. The smallest absolute Gasteiger partial charge is 0.0725 e. The molecule has 0 spiro atoms. The maximum Gasteiger partial charge on any atom is 0.0725 e. The van der Waals surface area contributed by atoms with Crippen molar-refractivity contribution in [1.29, 1.82) is 0 Å². The van der Waals surface area contributed by atoms with Crippen LogP contribution in [0.5, 0.6) is 0 Å². The van der Waals surface area contributed by atoms with E-state index >= 15 is 0 Å². The molecule has 152 valence electrons. The van der Waals surface area contributed by atoms with Gasteiger partial charge in [0, 0.05) is 11.3 Å². The molecule has 1 unspecified atom stereocenters. The van der Waals surface area contributed by atoms with Crippen LogP contribution in [-0.2, 0) is 0 Å². The SMILES string of the molecule is C=C/C=C(\C=C)CC(Nc1ccc(C(C)C)cc1)c1cccc(-c2ccccc2)n1. The van der Waals surface area contributed by atoms with Crippen molar-refractivity contribution >= 4 is 5.69 Å². The van der Waals surface area contributed by atoms with Crippen molar-refractivity contribution < 1.29 is 0 Å². The van der Waals surface area contributed by atoms with Gasteiger partial charge >= 0.3 is 0 Å². The summed E-state index contributed by atoms with van der Waals surface area (Å²) in [5.41, 5.74) is 6.63. The second-order valence-corrected chi connectivity index (χ2v) is 7.67. The molecular formula is C28H30N2. The number of hydrogen-bond donors (Lipinski definition) is 1. The average molecular weight is 395 g/mol. The minimum Gasteiger partial charge on any atom is -0.376 e. The van der Waals surface area contributed by atoms with Crippen LogP contribution in [0.1, 0.15) is 43.5 Å². The zero-order valence-corrected chi connectivity index (χ0v) is 17.9. The van der Waals surface area contributed by atoms with Gasteiger partial charge in [0.15, 0.2) is 0 Å². The second kappa shape index (κ2) is 10.4. The quantitative estimate of drug-likeness (QED) is 0.376. The molecule has 3 aromatic rings. The molecule has 1 aromatic heterocycles. The van der Waals surface area contributed by atoms with Crippen LogP contribution in [0.2, 0.25) is 0 Å². The fraction of sp³-hybridized carbons (Fsp3) is 0.179. The normalized spacial score (nSPS) is 12.4. The van der Waals surface area contributed by atoms with Crippen molar-refractivity contribution in [2.75, 3.05) is 5.32 Å². The summed E-state index contributed by atoms with van der Waals surface area (Å²) in [5.74, 6) is 0.516. The highest BCUT2D eigenvalue weighted by Gasteiger charge is 2.15. The van der Waals surface area contributed by atoms with Gasteiger partial charge in [-0.05, 0) is 47.7 Å². The highest BCUT2D eigenvalue weighted by atomic mass is 14.9. The predicted molar refractivity (Wildman–Crippen MR) is 130 cm³/mol. The van der Waals surface area contributed by atoms with Crippen molar-refractivity contribution in [1.82, 2.24) is 4.98 Å². The molecule has 0 aliphatic heterocycles. The number of benzene rings is 2. The molecule has 0 amide bonds. The largest absolute Gasteiger partial charge is 0.376 e. The molecule has 2 heteroatoms. The van der Waals surface area contributed by atoms with E-state index in [4.69, 9.17) is 4.98 Å². The molecule has 0 saturated carbocycles. The number of allylic oxidation sites excluding steroid dienone is 3. The molecule has 1 atom stereocenters. The second-order valence-electron chi connectivity index (χ2n) is 7.67. The lowest BCUT2D eigenvalue weighted by atomic mass is 10.00. The molecule has 3 rings (SSSR count). The molecule has 2 aromatic carbocycles. The Hall–Kier alpha value is -3.39. The summed E-state index contributed by atoms with van der Waals surface area (Å²) in [5, 5.41) is 3.68. The van der Waals surface area contributed by atoms with Crippen LogP contribution in [0.3, 0.4) is 0 Å². The van der Waals surface area contributed by atoms with E-state index in [2.05, 4.69) is 86.9 Å². The number of aromatic nitrogens is 1. The van der Waals surface area contributed by atoms with E-state index in [1.165, 1.54) is 5.56 Å². The summed E-state index contributed by atoms with van der Waals surface area (Å²) in [6.07, 6.45) is 6.47. The first-order valence-corrected chi connectivity index (χ1v) is 10.4. The van der Waals surface area contributed by atoms with Crippen molar-refractivity contribution in [3.8, 4) is 11.3 Å². The molecule has 0 saturated heterocycles. The summed E-state index contributed by atoms with van der Waals surface area (Å²) in [4.78, 5) is 4.98. The fourth-order valence-electron chi connectivity index (χ4n) is 3.42. The van der Waals surface area contributed by atoms with Gasteiger partial charge in [0.2, 0.25) is 0 Å². The average Bonchev–Trinajstić information content (AvgIpc) is 2.79. The van der Waals surface area contributed by atoms with Crippen molar-refractivity contribution in [3.05, 3.63) is 121 Å². The van der Waals surface area contributed by atoms with E-state index in [1.807, 2.05) is 30.4 Å². The highest BCUT2D eigenvalue weighted by Crippen LogP contribution is 2.28. The fourth-order valence-corrected chi connectivity index (χ4v) is 3.42. The molecule has 2 nitrogen and oxygen atoms in total. The van der Waals surface area contributed by atoms with Gasteiger partial charge in [-0.15, -0.1) is 0 Å². The predicted octanol–water partition coefficient (Wildman–Crippen LogP) is 7.71. The zero-order valence-electron chi connectivity index (χ0n) is 17.9. The van der Waals surface area contributed by atoms with E-state index in [1.54, 1.807) is 6.08 Å². The third-order valence-electron chi connectivity index (χ3n) is 5.15. The van der Waals surface area contributed by atoms with Crippen LogP contribution in [0.4, 0.5) is 5.69 Å². The lowest BCUT2D eigenvalue weighted by molar-refractivity contribution is 0.750. The summed E-state index contributed by atoms with van der Waals surface area (Å²) in [6.45, 7) is 12.2. The monoisotopic (exact) mass is 394 g/mol.